The van der Waals surface area contributed by atoms with Crippen LogP contribution in [-0.4, -0.2) is 36.7 Å². The Labute approximate surface area is 129 Å². The molecule has 1 aliphatic rings. The summed E-state index contributed by atoms with van der Waals surface area (Å²) < 4.78 is 26.2. The largest absolute Gasteiger partial charge is 0.393 e. The normalized spacial score (nSPS) is 19.5. The number of nitrogens with zero attached hydrogens (tertiary/aromatic N) is 1. The maximum Gasteiger partial charge on any atom is 0.243 e. The van der Waals surface area contributed by atoms with Gasteiger partial charge in [0.25, 0.3) is 0 Å². The molecule has 0 bridgehead atoms. The molecule has 114 valence electrons. The van der Waals surface area contributed by atoms with Gasteiger partial charge in [0.2, 0.25) is 15.9 Å². The van der Waals surface area contributed by atoms with Crippen LogP contribution in [0.15, 0.2) is 29.2 Å². The van der Waals surface area contributed by atoms with Gasteiger partial charge in [-0.1, -0.05) is 24.4 Å². The number of carbonyl (C=O) groups excluding carboxylic acids is 1. The second kappa shape index (κ2) is 6.08. The Balaban J connectivity index is 2.16. The smallest absolute Gasteiger partial charge is 0.243 e. The monoisotopic (exact) mass is 327 g/mol. The standard InChI is InChI=1S/C13H17N3O3S2/c14-12(20)7-9-1-3-11(4-2-9)21(18,19)16-6-5-10(8-16)13(15)17/h1-4,10H,5-8H2,(H2,14,20)(H2,15,17). The molecule has 0 radical (unpaired) electrons. The summed E-state index contributed by atoms with van der Waals surface area (Å²) in [5.74, 6) is -0.867. The number of carbonyl (C=O) groups is 1. The van der Waals surface area contributed by atoms with Crippen LogP contribution in [0.5, 0.6) is 0 Å². The highest BCUT2D eigenvalue weighted by Crippen LogP contribution is 2.24. The Morgan fingerprint density at radius 3 is 2.38 bits per heavy atom. The van der Waals surface area contributed by atoms with E-state index >= 15 is 0 Å². The fraction of sp³-hybridized carbons (Fsp3) is 0.385. The second-order valence-corrected chi connectivity index (χ2v) is 7.50. The summed E-state index contributed by atoms with van der Waals surface area (Å²) in [6.07, 6.45) is 0.900. The third-order valence-electron chi connectivity index (χ3n) is 3.49. The number of primary amides is 1. The lowest BCUT2D eigenvalue weighted by Crippen LogP contribution is -2.31. The highest BCUT2D eigenvalue weighted by atomic mass is 32.2. The molecule has 21 heavy (non-hydrogen) atoms. The van der Waals surface area contributed by atoms with Crippen LogP contribution in [0.2, 0.25) is 0 Å². The van der Waals surface area contributed by atoms with Gasteiger partial charge in [0.1, 0.15) is 0 Å². The summed E-state index contributed by atoms with van der Waals surface area (Å²) in [5, 5.41) is 0. The third-order valence-corrected chi connectivity index (χ3v) is 5.52. The molecule has 2 rings (SSSR count). The molecule has 6 nitrogen and oxygen atoms in total. The van der Waals surface area contributed by atoms with Crippen molar-refractivity contribution in [2.45, 2.75) is 17.7 Å². The van der Waals surface area contributed by atoms with E-state index < -0.39 is 21.8 Å². The molecule has 0 saturated carbocycles. The third kappa shape index (κ3) is 3.58. The summed E-state index contributed by atoms with van der Waals surface area (Å²) in [6.45, 7) is 0.455. The number of thiocarbonyl (C=S) groups is 1. The first-order valence-corrected chi connectivity index (χ1v) is 8.32. The van der Waals surface area contributed by atoms with Gasteiger partial charge in [-0.3, -0.25) is 4.79 Å². The Kier molecular flexibility index (Phi) is 4.60. The van der Waals surface area contributed by atoms with Gasteiger partial charge in [0.15, 0.2) is 0 Å². The molecule has 1 unspecified atom stereocenters. The van der Waals surface area contributed by atoms with Crippen LogP contribution in [0.25, 0.3) is 0 Å². The predicted molar refractivity (Wildman–Crippen MR) is 83.0 cm³/mol. The maximum atomic E-state index is 12.5. The van der Waals surface area contributed by atoms with Crippen LogP contribution in [0.1, 0.15) is 12.0 Å². The van der Waals surface area contributed by atoms with Crippen LogP contribution >= 0.6 is 12.2 Å². The fourth-order valence-electron chi connectivity index (χ4n) is 2.31. The highest BCUT2D eigenvalue weighted by Gasteiger charge is 2.34. The summed E-state index contributed by atoms with van der Waals surface area (Å²) in [5.41, 5.74) is 11.5. The average molecular weight is 327 g/mol. The second-order valence-electron chi connectivity index (χ2n) is 5.04. The van der Waals surface area contributed by atoms with Crippen molar-refractivity contribution < 1.29 is 13.2 Å². The van der Waals surface area contributed by atoms with Gasteiger partial charge in [-0.2, -0.15) is 4.31 Å². The lowest BCUT2D eigenvalue weighted by Gasteiger charge is -2.16. The van der Waals surface area contributed by atoms with E-state index in [9.17, 15) is 13.2 Å². The van der Waals surface area contributed by atoms with Crippen molar-refractivity contribution in [3.8, 4) is 0 Å². The molecule has 0 spiro atoms. The Hall–Kier alpha value is -1.51. The van der Waals surface area contributed by atoms with Crippen molar-refractivity contribution in [3.05, 3.63) is 29.8 Å². The number of nitrogens with two attached hydrogens (primary N) is 2. The van der Waals surface area contributed by atoms with Crippen molar-refractivity contribution in [1.82, 2.24) is 4.31 Å². The van der Waals surface area contributed by atoms with E-state index in [-0.39, 0.29) is 11.4 Å². The number of benzene rings is 1. The SMILES string of the molecule is NC(=O)C1CCN(S(=O)(=O)c2ccc(CC(N)=S)cc2)C1. The topological polar surface area (TPSA) is 106 Å². The van der Waals surface area contributed by atoms with Gasteiger partial charge in [0.05, 0.1) is 15.8 Å². The van der Waals surface area contributed by atoms with Gasteiger partial charge in [0, 0.05) is 19.5 Å². The molecular weight excluding hydrogens is 310 g/mol. The van der Waals surface area contributed by atoms with Gasteiger partial charge in [-0.05, 0) is 24.1 Å². The summed E-state index contributed by atoms with van der Waals surface area (Å²) in [4.78, 5) is 11.7. The lowest BCUT2D eigenvalue weighted by atomic mass is 10.1. The highest BCUT2D eigenvalue weighted by molar-refractivity contribution is 7.89. The number of sulfonamides is 1. The first-order valence-electron chi connectivity index (χ1n) is 6.47. The molecule has 1 heterocycles. The molecule has 1 aromatic carbocycles. The van der Waals surface area contributed by atoms with Gasteiger partial charge in [-0.25, -0.2) is 8.42 Å². The van der Waals surface area contributed by atoms with Gasteiger partial charge >= 0.3 is 0 Å². The van der Waals surface area contributed by atoms with E-state index in [4.69, 9.17) is 23.7 Å². The van der Waals surface area contributed by atoms with Crippen molar-refractivity contribution >= 4 is 33.1 Å². The van der Waals surface area contributed by atoms with E-state index in [1.165, 1.54) is 16.4 Å². The van der Waals surface area contributed by atoms with Crippen LogP contribution in [0, 0.1) is 5.92 Å². The minimum Gasteiger partial charge on any atom is -0.393 e. The van der Waals surface area contributed by atoms with E-state index in [0.29, 0.717) is 24.4 Å². The van der Waals surface area contributed by atoms with Crippen LogP contribution in [0.3, 0.4) is 0 Å². The average Bonchev–Trinajstić information content (AvgIpc) is 2.89. The quantitative estimate of drug-likeness (QED) is 0.741. The molecule has 8 heteroatoms. The first kappa shape index (κ1) is 15.9. The van der Waals surface area contributed by atoms with Crippen molar-refractivity contribution in [2.24, 2.45) is 17.4 Å². The maximum absolute atomic E-state index is 12.5. The van der Waals surface area contributed by atoms with Crippen LogP contribution in [0.4, 0.5) is 0 Å². The molecule has 1 aliphatic heterocycles. The van der Waals surface area contributed by atoms with E-state index in [1.54, 1.807) is 12.1 Å². The number of amides is 1. The Morgan fingerprint density at radius 1 is 1.29 bits per heavy atom. The molecular formula is C13H17N3O3S2. The summed E-state index contributed by atoms with van der Waals surface area (Å²) in [6, 6.07) is 6.43. The lowest BCUT2D eigenvalue weighted by molar-refractivity contribution is -0.121. The molecule has 0 aromatic heterocycles. The van der Waals surface area contributed by atoms with E-state index in [2.05, 4.69) is 0 Å². The minimum atomic E-state index is -3.59. The van der Waals surface area contributed by atoms with Gasteiger partial charge in [-0.15, -0.1) is 0 Å². The molecule has 1 saturated heterocycles. The molecule has 1 aromatic rings. The minimum absolute atomic E-state index is 0.145. The Morgan fingerprint density at radius 2 is 1.90 bits per heavy atom. The zero-order chi connectivity index (χ0) is 15.6. The number of hydrogen-bond acceptors (Lipinski definition) is 4. The van der Waals surface area contributed by atoms with E-state index in [1.807, 2.05) is 0 Å². The van der Waals surface area contributed by atoms with Crippen molar-refractivity contribution in [2.75, 3.05) is 13.1 Å². The predicted octanol–water partition coefficient (Wildman–Crippen LogP) is 0.0111. The van der Waals surface area contributed by atoms with Crippen LogP contribution < -0.4 is 11.5 Å². The first-order chi connectivity index (χ1) is 9.80. The van der Waals surface area contributed by atoms with Crippen molar-refractivity contribution in [1.29, 1.82) is 0 Å². The summed E-state index contributed by atoms with van der Waals surface area (Å²) in [7, 11) is -3.59. The van der Waals surface area contributed by atoms with Crippen LogP contribution in [-0.2, 0) is 21.2 Å². The van der Waals surface area contributed by atoms with E-state index in [0.717, 1.165) is 5.56 Å². The molecule has 1 atom stereocenters. The summed E-state index contributed by atoms with van der Waals surface area (Å²) >= 11 is 4.82. The molecule has 4 N–H and O–H groups in total. The van der Waals surface area contributed by atoms with Crippen molar-refractivity contribution in [3.63, 3.8) is 0 Å². The zero-order valence-electron chi connectivity index (χ0n) is 11.4. The number of hydrogen-bond donors (Lipinski definition) is 2. The number of rotatable bonds is 5. The molecule has 1 amide bonds. The molecule has 1 fully saturated rings. The fourth-order valence-corrected chi connectivity index (χ4v) is 3.98. The molecule has 0 aliphatic carbocycles. The van der Waals surface area contributed by atoms with Gasteiger partial charge < -0.3 is 11.5 Å². The Bertz CT molecular complexity index is 656. The zero-order valence-corrected chi connectivity index (χ0v) is 13.0.